The zero-order valence-corrected chi connectivity index (χ0v) is 17.7. The Morgan fingerprint density at radius 1 is 0.969 bits per heavy atom. The van der Waals surface area contributed by atoms with Crippen LogP contribution < -0.4 is 25.4 Å². The van der Waals surface area contributed by atoms with Gasteiger partial charge in [0.05, 0.1) is 25.5 Å². The van der Waals surface area contributed by atoms with Gasteiger partial charge in [-0.05, 0) is 55.0 Å². The summed E-state index contributed by atoms with van der Waals surface area (Å²) < 4.78 is 16.3. The number of hydrogen-bond acceptors (Lipinski definition) is 7. The number of rotatable bonds is 8. The Kier molecular flexibility index (Phi) is 7.42. The predicted octanol–water partition coefficient (Wildman–Crippen LogP) is 3.66. The number of carbonyl (C=O) groups is 2. The van der Waals surface area contributed by atoms with Crippen LogP contribution in [-0.2, 0) is 0 Å². The Morgan fingerprint density at radius 2 is 1.69 bits per heavy atom. The van der Waals surface area contributed by atoms with E-state index in [1.807, 2.05) is 6.92 Å². The number of ether oxygens (including phenoxy) is 3. The van der Waals surface area contributed by atoms with Crippen molar-refractivity contribution in [3.8, 4) is 17.2 Å². The summed E-state index contributed by atoms with van der Waals surface area (Å²) in [7, 11) is 1.48. The number of para-hydroxylation sites is 2. The second-order valence-electron chi connectivity index (χ2n) is 6.52. The Hall–Kier alpha value is -4.33. The number of esters is 1. The molecule has 0 spiro atoms. The van der Waals surface area contributed by atoms with E-state index in [1.165, 1.54) is 13.3 Å². The van der Waals surface area contributed by atoms with Crippen molar-refractivity contribution in [2.45, 2.75) is 6.92 Å². The van der Waals surface area contributed by atoms with E-state index in [2.05, 4.69) is 10.5 Å². The molecule has 3 N–H and O–H groups in total. The second kappa shape index (κ2) is 10.6. The van der Waals surface area contributed by atoms with Crippen LogP contribution in [0.5, 0.6) is 17.2 Å². The average molecular weight is 433 g/mol. The second-order valence-corrected chi connectivity index (χ2v) is 6.52. The van der Waals surface area contributed by atoms with E-state index in [9.17, 15) is 9.59 Å². The molecule has 0 aliphatic carbocycles. The van der Waals surface area contributed by atoms with Gasteiger partial charge in [0.25, 0.3) is 5.91 Å². The number of hydrogen-bond donors (Lipinski definition) is 2. The fraction of sp³-hybridized carbons (Fsp3) is 0.125. The van der Waals surface area contributed by atoms with Crippen molar-refractivity contribution in [3.05, 3.63) is 83.4 Å². The smallest absolute Gasteiger partial charge is 0.347 e. The lowest BCUT2D eigenvalue weighted by Crippen LogP contribution is -2.19. The lowest BCUT2D eigenvalue weighted by molar-refractivity contribution is 0.0724. The van der Waals surface area contributed by atoms with Crippen molar-refractivity contribution in [1.82, 2.24) is 5.43 Å². The summed E-state index contributed by atoms with van der Waals surface area (Å²) in [4.78, 5) is 24.8. The van der Waals surface area contributed by atoms with E-state index < -0.39 is 11.9 Å². The van der Waals surface area contributed by atoms with Gasteiger partial charge in [-0.25, -0.2) is 10.2 Å². The number of methoxy groups -OCH3 is 1. The number of nitrogen functional groups attached to an aromatic ring is 1. The maximum absolute atomic E-state index is 12.6. The highest BCUT2D eigenvalue weighted by atomic mass is 16.6. The van der Waals surface area contributed by atoms with Crippen LogP contribution in [0.25, 0.3) is 0 Å². The molecule has 164 valence electrons. The zero-order chi connectivity index (χ0) is 22.9. The summed E-state index contributed by atoms with van der Waals surface area (Å²) in [5, 5.41) is 3.96. The van der Waals surface area contributed by atoms with Crippen LogP contribution in [0.1, 0.15) is 33.2 Å². The Bertz CT molecular complexity index is 1140. The van der Waals surface area contributed by atoms with E-state index in [4.69, 9.17) is 19.9 Å². The first kappa shape index (κ1) is 22.4. The fourth-order valence-electron chi connectivity index (χ4n) is 2.86. The number of amides is 1. The van der Waals surface area contributed by atoms with Crippen molar-refractivity contribution in [3.63, 3.8) is 0 Å². The molecule has 3 aromatic rings. The van der Waals surface area contributed by atoms with Crippen molar-refractivity contribution >= 4 is 23.8 Å². The maximum Gasteiger partial charge on any atom is 0.347 e. The summed E-state index contributed by atoms with van der Waals surface area (Å²) in [5.41, 5.74) is 9.85. The van der Waals surface area contributed by atoms with Crippen molar-refractivity contribution in [2.24, 2.45) is 5.10 Å². The molecule has 3 rings (SSSR count). The summed E-state index contributed by atoms with van der Waals surface area (Å²) in [5.74, 6) is 0.0256. The average Bonchev–Trinajstić information content (AvgIpc) is 2.81. The van der Waals surface area contributed by atoms with Crippen molar-refractivity contribution < 1.29 is 23.8 Å². The Morgan fingerprint density at radius 3 is 2.41 bits per heavy atom. The predicted molar refractivity (Wildman–Crippen MR) is 121 cm³/mol. The largest absolute Gasteiger partial charge is 0.496 e. The fourth-order valence-corrected chi connectivity index (χ4v) is 2.86. The van der Waals surface area contributed by atoms with Gasteiger partial charge in [-0.2, -0.15) is 5.10 Å². The first-order chi connectivity index (χ1) is 15.5. The molecule has 0 saturated carbocycles. The summed E-state index contributed by atoms with van der Waals surface area (Å²) in [6, 6.07) is 18.4. The first-order valence-corrected chi connectivity index (χ1v) is 9.83. The SMILES string of the molecule is CCOc1cc(/C=N/NC(=O)c2ccccc2N)ccc1OC(=O)c1ccccc1OC. The highest BCUT2D eigenvalue weighted by Gasteiger charge is 2.17. The van der Waals surface area contributed by atoms with E-state index >= 15 is 0 Å². The van der Waals surface area contributed by atoms with Crippen molar-refractivity contribution in [2.75, 3.05) is 19.5 Å². The molecule has 0 unspecified atom stereocenters. The molecule has 0 radical (unpaired) electrons. The molecular weight excluding hydrogens is 410 g/mol. The molecule has 0 atom stereocenters. The topological polar surface area (TPSA) is 112 Å². The summed E-state index contributed by atoms with van der Waals surface area (Å²) in [6.45, 7) is 2.18. The number of carbonyl (C=O) groups excluding carboxylic acids is 2. The molecule has 0 heterocycles. The molecular formula is C24H23N3O5. The van der Waals surface area contributed by atoms with Crippen LogP contribution in [0, 0.1) is 0 Å². The van der Waals surface area contributed by atoms with Gasteiger partial charge < -0.3 is 19.9 Å². The number of hydrazone groups is 1. The molecule has 0 saturated heterocycles. The van der Waals surface area contributed by atoms with Gasteiger partial charge in [-0.3, -0.25) is 4.79 Å². The molecule has 3 aromatic carbocycles. The van der Waals surface area contributed by atoms with E-state index in [1.54, 1.807) is 66.7 Å². The van der Waals surface area contributed by atoms with Crippen LogP contribution in [0.15, 0.2) is 71.8 Å². The lowest BCUT2D eigenvalue weighted by Gasteiger charge is -2.12. The van der Waals surface area contributed by atoms with Crippen LogP contribution in [0.4, 0.5) is 5.69 Å². The van der Waals surface area contributed by atoms with Crippen molar-refractivity contribution in [1.29, 1.82) is 0 Å². The summed E-state index contributed by atoms with van der Waals surface area (Å²) >= 11 is 0. The Labute approximate surface area is 185 Å². The van der Waals surface area contributed by atoms with Gasteiger partial charge in [0.15, 0.2) is 11.5 Å². The minimum atomic E-state index is -0.572. The Balaban J connectivity index is 1.74. The molecule has 32 heavy (non-hydrogen) atoms. The number of benzene rings is 3. The van der Waals surface area contributed by atoms with Gasteiger partial charge >= 0.3 is 5.97 Å². The number of anilines is 1. The molecule has 8 heteroatoms. The normalized spacial score (nSPS) is 10.6. The summed E-state index contributed by atoms with van der Waals surface area (Å²) in [6.07, 6.45) is 1.45. The quantitative estimate of drug-likeness (QED) is 0.184. The van der Waals surface area contributed by atoms with E-state index in [-0.39, 0.29) is 5.75 Å². The minimum absolute atomic E-state index is 0.251. The zero-order valence-electron chi connectivity index (χ0n) is 17.7. The van der Waals surface area contributed by atoms with Gasteiger partial charge in [-0.15, -0.1) is 0 Å². The highest BCUT2D eigenvalue weighted by molar-refractivity contribution is 5.99. The highest BCUT2D eigenvalue weighted by Crippen LogP contribution is 2.30. The number of nitrogens with zero attached hydrogens (tertiary/aromatic N) is 1. The minimum Gasteiger partial charge on any atom is -0.496 e. The number of nitrogens with one attached hydrogen (secondary N) is 1. The van der Waals surface area contributed by atoms with Crippen LogP contribution in [0.3, 0.4) is 0 Å². The molecule has 0 aromatic heterocycles. The van der Waals surface area contributed by atoms with Crippen LogP contribution >= 0.6 is 0 Å². The molecule has 0 aliphatic heterocycles. The standard InChI is InChI=1S/C24H23N3O5/c1-3-31-22-14-16(15-26-27-23(28)17-8-4-6-10-19(17)25)12-13-21(22)32-24(29)18-9-5-7-11-20(18)30-2/h4-15H,3,25H2,1-2H3,(H,27,28)/b26-15+. The van der Waals surface area contributed by atoms with Crippen LogP contribution in [0.2, 0.25) is 0 Å². The molecule has 0 bridgehead atoms. The van der Waals surface area contributed by atoms with Gasteiger partial charge in [0.1, 0.15) is 11.3 Å². The third kappa shape index (κ3) is 5.42. The van der Waals surface area contributed by atoms with Gasteiger partial charge in [0.2, 0.25) is 0 Å². The third-order valence-electron chi connectivity index (χ3n) is 4.38. The molecule has 8 nitrogen and oxygen atoms in total. The molecule has 1 amide bonds. The van der Waals surface area contributed by atoms with Gasteiger partial charge in [-0.1, -0.05) is 24.3 Å². The molecule has 0 fully saturated rings. The molecule has 0 aliphatic rings. The van der Waals surface area contributed by atoms with E-state index in [0.29, 0.717) is 40.5 Å². The number of nitrogens with two attached hydrogens (primary N) is 1. The van der Waals surface area contributed by atoms with E-state index in [0.717, 1.165) is 0 Å². The third-order valence-corrected chi connectivity index (χ3v) is 4.38. The first-order valence-electron chi connectivity index (χ1n) is 9.83. The monoisotopic (exact) mass is 433 g/mol. The maximum atomic E-state index is 12.6. The lowest BCUT2D eigenvalue weighted by atomic mass is 10.2. The van der Waals surface area contributed by atoms with Gasteiger partial charge in [0, 0.05) is 5.69 Å². The van der Waals surface area contributed by atoms with Crippen LogP contribution in [-0.4, -0.2) is 31.8 Å².